The van der Waals surface area contributed by atoms with Crippen LogP contribution in [0.4, 0.5) is 0 Å². The molecule has 3 aromatic rings. The molecule has 8 heteroatoms. The average molecular weight is 428 g/mol. The summed E-state index contributed by atoms with van der Waals surface area (Å²) in [4.78, 5) is 36.2. The number of Topliss-reactive ketones (excluding diaryl/α,β-unsaturated/α-hetero) is 1. The Hall–Kier alpha value is -2.61. The molecule has 0 saturated carbocycles. The van der Waals surface area contributed by atoms with Crippen molar-refractivity contribution in [2.24, 2.45) is 5.73 Å². The Balaban J connectivity index is 0.00000272. The number of amides is 1. The number of carboxylic acid groups (broad SMARTS) is 1. The van der Waals surface area contributed by atoms with Gasteiger partial charge in [0.1, 0.15) is 11.7 Å². The number of aliphatic carboxylic acids is 1. The van der Waals surface area contributed by atoms with Crippen LogP contribution in [0.2, 0.25) is 0 Å². The van der Waals surface area contributed by atoms with Gasteiger partial charge in [0, 0.05) is 29.3 Å². The van der Waals surface area contributed by atoms with Crippen LogP contribution < -0.4 is 45.1 Å². The zero-order valence-corrected chi connectivity index (χ0v) is 19.5. The van der Waals surface area contributed by atoms with E-state index < -0.39 is 23.6 Å². The van der Waals surface area contributed by atoms with Crippen LogP contribution >= 0.6 is 0 Å². The number of hydrogen-bond donors (Lipinski definition) is 1. The maximum Gasteiger partial charge on any atom is 1.00 e. The number of ether oxygens (including phenoxy) is 1. The summed E-state index contributed by atoms with van der Waals surface area (Å²) in [6.07, 6.45) is 2.02. The van der Waals surface area contributed by atoms with Gasteiger partial charge in [0.05, 0.1) is 18.5 Å². The summed E-state index contributed by atoms with van der Waals surface area (Å²) in [5.74, 6) is -3.67. The van der Waals surface area contributed by atoms with Gasteiger partial charge >= 0.3 is 29.6 Å². The van der Waals surface area contributed by atoms with Gasteiger partial charge in [-0.3, -0.25) is 9.59 Å². The number of nitrogens with two attached hydrogens (primary N) is 1. The summed E-state index contributed by atoms with van der Waals surface area (Å²) in [7, 11) is 1.45. The number of fused-ring (bicyclic) bond motifs is 3. The number of carbonyl (C=O) groups excluding carboxylic acids is 3. The zero-order chi connectivity index (χ0) is 21.4. The molecule has 2 N–H and O–H groups in total. The van der Waals surface area contributed by atoms with Gasteiger partial charge in [-0.25, -0.2) is 0 Å². The third-order valence-corrected chi connectivity index (χ3v) is 5.74. The van der Waals surface area contributed by atoms with Crippen LogP contribution in [0.3, 0.4) is 0 Å². The first kappa shape index (κ1) is 23.1. The zero-order valence-electron chi connectivity index (χ0n) is 17.5. The Morgan fingerprint density at radius 2 is 1.90 bits per heavy atom. The summed E-state index contributed by atoms with van der Waals surface area (Å²) in [5.41, 5.74) is 8.86. The van der Waals surface area contributed by atoms with Crippen LogP contribution in [-0.2, 0) is 22.6 Å². The van der Waals surface area contributed by atoms with E-state index in [2.05, 4.69) is 0 Å². The summed E-state index contributed by atoms with van der Waals surface area (Å²) < 4.78 is 7.37. The van der Waals surface area contributed by atoms with Crippen molar-refractivity contribution in [1.29, 1.82) is 0 Å². The van der Waals surface area contributed by atoms with Crippen molar-refractivity contribution in [3.8, 4) is 5.75 Å². The third kappa shape index (κ3) is 4.13. The van der Waals surface area contributed by atoms with Crippen molar-refractivity contribution in [3.63, 3.8) is 0 Å². The molecule has 4 rings (SSSR count). The van der Waals surface area contributed by atoms with Gasteiger partial charge in [0.15, 0.2) is 0 Å². The Kier molecular flexibility index (Phi) is 6.89. The van der Waals surface area contributed by atoms with Gasteiger partial charge < -0.3 is 24.9 Å². The predicted octanol–water partition coefficient (Wildman–Crippen LogP) is -1.46. The number of ketones is 1. The number of carboxylic acids is 1. The van der Waals surface area contributed by atoms with Gasteiger partial charge in [-0.15, -0.1) is 0 Å². The summed E-state index contributed by atoms with van der Waals surface area (Å²) in [5, 5.41) is 11.9. The minimum atomic E-state index is -1.81. The van der Waals surface area contributed by atoms with E-state index in [9.17, 15) is 19.5 Å². The van der Waals surface area contributed by atoms with E-state index in [1.165, 1.54) is 13.2 Å². The van der Waals surface area contributed by atoms with Crippen LogP contribution in [0.5, 0.6) is 5.75 Å². The molecule has 0 fully saturated rings. The fourth-order valence-corrected chi connectivity index (χ4v) is 4.43. The molecule has 1 atom stereocenters. The predicted molar refractivity (Wildman–Crippen MR) is 108 cm³/mol. The molecule has 31 heavy (non-hydrogen) atoms. The van der Waals surface area contributed by atoms with Crippen LogP contribution in [0.25, 0.3) is 10.9 Å². The Morgan fingerprint density at radius 1 is 1.19 bits per heavy atom. The maximum absolute atomic E-state index is 12.5. The standard InChI is InChI=1S/C23H22N2O5.Na/c1-30-14-10-16(21(26)23(28)29)20-18(11-14)25(12-13-6-3-2-4-7-13)17-9-5-8-15(19(17)20)22(24)27;/h2-4,6-7,10-11,15H,5,8-9,12H2,1H3,(H2,24,27)(H,28,29);/q;+1/p-1. The molecule has 1 unspecified atom stereocenters. The summed E-state index contributed by atoms with van der Waals surface area (Å²) in [6, 6.07) is 12.9. The molecule has 1 aromatic heterocycles. The second-order valence-electron chi connectivity index (χ2n) is 7.46. The first-order valence-corrected chi connectivity index (χ1v) is 9.74. The van der Waals surface area contributed by atoms with Gasteiger partial charge in [0.2, 0.25) is 11.7 Å². The molecular formula is C23H21N2NaO5. The summed E-state index contributed by atoms with van der Waals surface area (Å²) >= 11 is 0. The molecule has 7 nitrogen and oxygen atoms in total. The number of benzene rings is 2. The van der Waals surface area contributed by atoms with Crippen LogP contribution in [-0.4, -0.2) is 29.3 Å². The quantitative estimate of drug-likeness (QED) is 0.293. The van der Waals surface area contributed by atoms with Crippen molar-refractivity contribution in [1.82, 2.24) is 4.57 Å². The van der Waals surface area contributed by atoms with Crippen molar-refractivity contribution in [2.45, 2.75) is 31.7 Å². The molecule has 0 bridgehead atoms. The molecule has 2 aromatic carbocycles. The van der Waals surface area contributed by atoms with Gasteiger partial charge in [-0.05, 0) is 36.5 Å². The monoisotopic (exact) mass is 428 g/mol. The average Bonchev–Trinajstić information content (AvgIpc) is 3.06. The molecular weight excluding hydrogens is 407 g/mol. The molecule has 1 amide bonds. The molecule has 0 aliphatic heterocycles. The van der Waals surface area contributed by atoms with E-state index in [4.69, 9.17) is 10.5 Å². The van der Waals surface area contributed by atoms with Crippen LogP contribution in [0.1, 0.15) is 45.9 Å². The number of primary amides is 1. The number of nitrogens with zero attached hydrogens (tertiary/aromatic N) is 1. The Labute approximate surface area is 201 Å². The van der Waals surface area contributed by atoms with Crippen LogP contribution in [0.15, 0.2) is 42.5 Å². The molecule has 1 aliphatic rings. The topological polar surface area (TPSA) is 114 Å². The molecule has 0 radical (unpaired) electrons. The van der Waals surface area contributed by atoms with Crippen molar-refractivity contribution in [2.75, 3.05) is 7.11 Å². The van der Waals surface area contributed by atoms with Crippen molar-refractivity contribution < 1.29 is 53.8 Å². The van der Waals surface area contributed by atoms with Crippen molar-refractivity contribution in [3.05, 3.63) is 64.8 Å². The van der Waals surface area contributed by atoms with E-state index >= 15 is 0 Å². The Bertz CT molecular complexity index is 1170. The minimum absolute atomic E-state index is 0. The van der Waals surface area contributed by atoms with E-state index in [1.807, 2.05) is 34.9 Å². The number of methoxy groups -OCH3 is 1. The molecule has 1 aliphatic carbocycles. The first-order valence-electron chi connectivity index (χ1n) is 9.74. The first-order chi connectivity index (χ1) is 14.4. The fourth-order valence-electron chi connectivity index (χ4n) is 4.43. The fraction of sp³-hybridized carbons (Fsp3) is 0.261. The molecule has 1 heterocycles. The smallest absolute Gasteiger partial charge is 0.541 e. The SMILES string of the molecule is COc1cc(C(=O)C(=O)[O-])c2c3c(n(Cc4ccccc4)c2c1)CCCC3C(N)=O.[Na+]. The Morgan fingerprint density at radius 3 is 2.52 bits per heavy atom. The van der Waals surface area contributed by atoms with Crippen LogP contribution in [0, 0.1) is 0 Å². The minimum Gasteiger partial charge on any atom is -0.541 e. The number of hydrogen-bond acceptors (Lipinski definition) is 5. The molecule has 0 saturated heterocycles. The van der Waals surface area contributed by atoms with Gasteiger partial charge in [-0.1, -0.05) is 30.3 Å². The van der Waals surface area contributed by atoms with Crippen molar-refractivity contribution >= 4 is 28.6 Å². The van der Waals surface area contributed by atoms with Gasteiger partial charge in [-0.2, -0.15) is 0 Å². The number of aromatic nitrogens is 1. The number of carbonyl (C=O) groups is 3. The van der Waals surface area contributed by atoms with Gasteiger partial charge in [0.25, 0.3) is 0 Å². The molecule has 154 valence electrons. The number of rotatable bonds is 6. The van der Waals surface area contributed by atoms with E-state index in [1.54, 1.807) is 6.07 Å². The summed E-state index contributed by atoms with van der Waals surface area (Å²) in [6.45, 7) is 0.504. The second-order valence-corrected chi connectivity index (χ2v) is 7.46. The largest absolute Gasteiger partial charge is 1.00 e. The normalized spacial score (nSPS) is 15.1. The third-order valence-electron chi connectivity index (χ3n) is 5.74. The second kappa shape index (κ2) is 9.26. The van der Waals surface area contributed by atoms with E-state index in [0.717, 1.165) is 17.7 Å². The van der Waals surface area contributed by atoms with E-state index in [0.29, 0.717) is 41.6 Å². The maximum atomic E-state index is 12.5. The molecule has 0 spiro atoms. The van der Waals surface area contributed by atoms with E-state index in [-0.39, 0.29) is 35.1 Å².